The molecule has 3 atom stereocenters. The highest BCUT2D eigenvalue weighted by atomic mass is 16.5. The quantitative estimate of drug-likeness (QED) is 0.736. The fraction of sp³-hybridized carbons (Fsp3) is 0.909. The highest BCUT2D eigenvalue weighted by Crippen LogP contribution is 2.28. The van der Waals surface area contributed by atoms with Crippen molar-refractivity contribution in [2.45, 2.75) is 50.9 Å². The van der Waals surface area contributed by atoms with Crippen molar-refractivity contribution in [2.24, 2.45) is 5.92 Å². The van der Waals surface area contributed by atoms with E-state index in [0.29, 0.717) is 6.10 Å². The maximum atomic E-state index is 9.01. The number of rotatable bonds is 4. The van der Waals surface area contributed by atoms with Gasteiger partial charge in [0.05, 0.1) is 18.3 Å². The Hall–Kier alpha value is -0.590. The average molecular weight is 194 g/mol. The Balaban J connectivity index is 1.76. The lowest BCUT2D eigenvalue weighted by molar-refractivity contribution is 0.0431. The standard InChI is InChI=1S/C11H18N2O/c1-8-2-5-11(14-8)10(6-12)13-7-9-3-4-9/h8-11,13H,2-5,7H2,1H3. The fourth-order valence-electron chi connectivity index (χ4n) is 1.95. The van der Waals surface area contributed by atoms with E-state index < -0.39 is 0 Å². The lowest BCUT2D eigenvalue weighted by Gasteiger charge is -2.18. The highest BCUT2D eigenvalue weighted by molar-refractivity contribution is 4.99. The van der Waals surface area contributed by atoms with Crippen LogP contribution in [0.3, 0.4) is 0 Å². The van der Waals surface area contributed by atoms with Crippen molar-refractivity contribution in [3.8, 4) is 6.07 Å². The number of nitrogens with zero attached hydrogens (tertiary/aromatic N) is 1. The molecule has 2 rings (SSSR count). The summed E-state index contributed by atoms with van der Waals surface area (Å²) in [5.41, 5.74) is 0. The van der Waals surface area contributed by atoms with Crippen LogP contribution in [-0.2, 0) is 4.74 Å². The van der Waals surface area contributed by atoms with Gasteiger partial charge >= 0.3 is 0 Å². The fourth-order valence-corrected chi connectivity index (χ4v) is 1.95. The number of nitriles is 1. The first-order valence-corrected chi connectivity index (χ1v) is 5.58. The molecule has 0 spiro atoms. The van der Waals surface area contributed by atoms with E-state index in [1.54, 1.807) is 0 Å². The van der Waals surface area contributed by atoms with Crippen LogP contribution >= 0.6 is 0 Å². The zero-order valence-electron chi connectivity index (χ0n) is 8.70. The first kappa shape index (κ1) is 9.95. The van der Waals surface area contributed by atoms with Gasteiger partial charge in [-0.3, -0.25) is 5.32 Å². The van der Waals surface area contributed by atoms with Gasteiger partial charge < -0.3 is 4.74 Å². The van der Waals surface area contributed by atoms with Crippen LogP contribution in [0.4, 0.5) is 0 Å². The molecule has 0 aromatic rings. The van der Waals surface area contributed by atoms with Crippen molar-refractivity contribution in [1.82, 2.24) is 5.32 Å². The lowest BCUT2D eigenvalue weighted by atomic mass is 10.1. The van der Waals surface area contributed by atoms with E-state index in [1.807, 2.05) is 0 Å². The first-order chi connectivity index (χ1) is 6.79. The van der Waals surface area contributed by atoms with Crippen LogP contribution in [0.15, 0.2) is 0 Å². The summed E-state index contributed by atoms with van der Waals surface area (Å²) in [6.07, 6.45) is 5.22. The van der Waals surface area contributed by atoms with Gasteiger partial charge in [-0.05, 0) is 45.1 Å². The molecule has 3 nitrogen and oxygen atoms in total. The van der Waals surface area contributed by atoms with Crippen molar-refractivity contribution in [2.75, 3.05) is 6.54 Å². The van der Waals surface area contributed by atoms with Crippen molar-refractivity contribution in [1.29, 1.82) is 5.26 Å². The Labute approximate surface area is 85.4 Å². The Morgan fingerprint density at radius 2 is 2.21 bits per heavy atom. The minimum atomic E-state index is -0.0967. The number of nitrogens with one attached hydrogen (secondary N) is 1. The largest absolute Gasteiger partial charge is 0.373 e. The zero-order chi connectivity index (χ0) is 9.97. The van der Waals surface area contributed by atoms with Gasteiger partial charge in [0.15, 0.2) is 0 Å². The Bertz CT molecular complexity index is 232. The van der Waals surface area contributed by atoms with Crippen LogP contribution in [0.1, 0.15) is 32.6 Å². The second-order valence-corrected chi connectivity index (χ2v) is 4.52. The average Bonchev–Trinajstić information content (AvgIpc) is 2.90. The molecule has 14 heavy (non-hydrogen) atoms. The third kappa shape index (κ3) is 2.46. The maximum absolute atomic E-state index is 9.01. The van der Waals surface area contributed by atoms with Crippen molar-refractivity contribution in [3.63, 3.8) is 0 Å². The third-order valence-electron chi connectivity index (χ3n) is 3.10. The molecule has 1 N–H and O–H groups in total. The number of ether oxygens (including phenoxy) is 1. The summed E-state index contributed by atoms with van der Waals surface area (Å²) >= 11 is 0. The van der Waals surface area contributed by atoms with Gasteiger partial charge in [-0.2, -0.15) is 5.26 Å². The SMILES string of the molecule is CC1CCC(C(C#N)NCC2CC2)O1. The second kappa shape index (κ2) is 4.29. The van der Waals surface area contributed by atoms with E-state index in [9.17, 15) is 0 Å². The molecule has 3 heteroatoms. The van der Waals surface area contributed by atoms with Crippen molar-refractivity contribution >= 4 is 0 Å². The monoisotopic (exact) mass is 194 g/mol. The number of hydrogen-bond donors (Lipinski definition) is 1. The Kier molecular flexibility index (Phi) is 3.05. The molecule has 1 saturated heterocycles. The summed E-state index contributed by atoms with van der Waals surface area (Å²) in [5.74, 6) is 0.824. The van der Waals surface area contributed by atoms with Gasteiger partial charge in [0.25, 0.3) is 0 Å². The molecule has 0 bridgehead atoms. The molecule has 1 heterocycles. The van der Waals surface area contributed by atoms with Gasteiger partial charge in [0, 0.05) is 0 Å². The summed E-state index contributed by atoms with van der Waals surface area (Å²) in [7, 11) is 0. The molecule has 0 radical (unpaired) electrons. The summed E-state index contributed by atoms with van der Waals surface area (Å²) in [4.78, 5) is 0. The topological polar surface area (TPSA) is 45.0 Å². The van der Waals surface area contributed by atoms with E-state index in [-0.39, 0.29) is 12.1 Å². The molecular formula is C11H18N2O. The van der Waals surface area contributed by atoms with Crippen LogP contribution in [0.25, 0.3) is 0 Å². The number of hydrogen-bond acceptors (Lipinski definition) is 3. The van der Waals surface area contributed by atoms with E-state index in [2.05, 4.69) is 18.3 Å². The maximum Gasteiger partial charge on any atom is 0.122 e. The van der Waals surface area contributed by atoms with E-state index in [1.165, 1.54) is 12.8 Å². The normalized spacial score (nSPS) is 34.0. The molecule has 0 aromatic carbocycles. The van der Waals surface area contributed by atoms with Crippen molar-refractivity contribution < 1.29 is 4.74 Å². The van der Waals surface area contributed by atoms with Gasteiger partial charge in [0.2, 0.25) is 0 Å². The third-order valence-corrected chi connectivity index (χ3v) is 3.10. The predicted molar refractivity (Wildman–Crippen MR) is 53.7 cm³/mol. The highest BCUT2D eigenvalue weighted by Gasteiger charge is 2.31. The molecular weight excluding hydrogens is 176 g/mol. The van der Waals surface area contributed by atoms with Crippen LogP contribution in [-0.4, -0.2) is 24.8 Å². The summed E-state index contributed by atoms with van der Waals surface area (Å²) in [6.45, 7) is 3.07. The lowest BCUT2D eigenvalue weighted by Crippen LogP contribution is -2.39. The van der Waals surface area contributed by atoms with Crippen LogP contribution < -0.4 is 5.32 Å². The van der Waals surface area contributed by atoms with Crippen LogP contribution in [0, 0.1) is 17.2 Å². The molecule has 1 saturated carbocycles. The first-order valence-electron chi connectivity index (χ1n) is 5.58. The molecule has 1 aliphatic heterocycles. The van der Waals surface area contributed by atoms with E-state index in [4.69, 9.17) is 10.00 Å². The van der Waals surface area contributed by atoms with Gasteiger partial charge in [-0.1, -0.05) is 0 Å². The van der Waals surface area contributed by atoms with Gasteiger partial charge in [-0.25, -0.2) is 0 Å². The van der Waals surface area contributed by atoms with E-state index >= 15 is 0 Å². The van der Waals surface area contributed by atoms with E-state index in [0.717, 1.165) is 25.3 Å². The van der Waals surface area contributed by atoms with Crippen molar-refractivity contribution in [3.05, 3.63) is 0 Å². The Morgan fingerprint density at radius 1 is 1.43 bits per heavy atom. The molecule has 2 aliphatic rings. The summed E-state index contributed by atoms with van der Waals surface area (Å²) < 4.78 is 5.68. The minimum absolute atomic E-state index is 0.0967. The van der Waals surface area contributed by atoms with Gasteiger partial charge in [0.1, 0.15) is 6.04 Å². The molecule has 3 unspecified atom stereocenters. The molecule has 1 aliphatic carbocycles. The summed E-state index contributed by atoms with van der Waals surface area (Å²) in [5, 5.41) is 12.3. The molecule has 0 amide bonds. The smallest absolute Gasteiger partial charge is 0.122 e. The molecule has 78 valence electrons. The Morgan fingerprint density at radius 3 is 2.71 bits per heavy atom. The van der Waals surface area contributed by atoms with Crippen LogP contribution in [0.5, 0.6) is 0 Å². The molecule has 2 fully saturated rings. The van der Waals surface area contributed by atoms with Crippen LogP contribution in [0.2, 0.25) is 0 Å². The zero-order valence-corrected chi connectivity index (χ0v) is 8.70. The predicted octanol–water partition coefficient (Wildman–Crippen LogP) is 1.45. The molecule has 0 aromatic heterocycles. The summed E-state index contributed by atoms with van der Waals surface area (Å²) in [6, 6.07) is 2.21. The van der Waals surface area contributed by atoms with Gasteiger partial charge in [-0.15, -0.1) is 0 Å². The second-order valence-electron chi connectivity index (χ2n) is 4.52. The minimum Gasteiger partial charge on any atom is -0.373 e.